The van der Waals surface area contributed by atoms with Crippen molar-refractivity contribution in [3.63, 3.8) is 0 Å². The van der Waals surface area contributed by atoms with Crippen molar-refractivity contribution in [3.05, 3.63) is 124 Å². The number of halogens is 3. The summed E-state index contributed by atoms with van der Waals surface area (Å²) >= 11 is 0. The molecule has 0 atom stereocenters. The number of nitrogens with zero attached hydrogens (tertiary/aromatic N) is 1. The molecule has 0 aliphatic heterocycles. The molecule has 46 heavy (non-hydrogen) atoms. The molecule has 0 spiro atoms. The molecule has 240 valence electrons. The molecule has 0 fully saturated rings. The van der Waals surface area contributed by atoms with Gasteiger partial charge in [-0.1, -0.05) is 60.7 Å². The van der Waals surface area contributed by atoms with Crippen LogP contribution in [0.3, 0.4) is 0 Å². The Morgan fingerprint density at radius 3 is 2.22 bits per heavy atom. The number of aryl methyl sites for hydroxylation is 1. The van der Waals surface area contributed by atoms with E-state index in [2.05, 4.69) is 6.07 Å². The molecule has 1 heterocycles. The zero-order valence-corrected chi connectivity index (χ0v) is 26.1. The summed E-state index contributed by atoms with van der Waals surface area (Å²) in [6, 6.07) is 25.4. The third kappa shape index (κ3) is 6.80. The molecule has 0 aliphatic rings. The molecule has 0 saturated carbocycles. The fourth-order valence-corrected chi connectivity index (χ4v) is 5.77. The van der Waals surface area contributed by atoms with Gasteiger partial charge in [-0.05, 0) is 89.2 Å². The van der Waals surface area contributed by atoms with Crippen molar-refractivity contribution in [2.75, 3.05) is 7.11 Å². The first-order valence-electron chi connectivity index (χ1n) is 14.8. The number of rotatable bonds is 11. The highest BCUT2D eigenvalue weighted by Gasteiger charge is 2.35. The number of methoxy groups -OCH3 is 1. The largest absolute Gasteiger partial charge is 0.496 e. The minimum atomic E-state index is -4.58. The maximum atomic E-state index is 13.3. The average Bonchev–Trinajstić information content (AvgIpc) is 3.51. The van der Waals surface area contributed by atoms with Crippen molar-refractivity contribution in [2.24, 2.45) is 0 Å². The number of carboxylic acids is 1. The highest BCUT2D eigenvalue weighted by Crippen LogP contribution is 2.35. The predicted octanol–water partition coefficient (Wildman–Crippen LogP) is 8.49. The van der Waals surface area contributed by atoms with Gasteiger partial charge in [0.2, 0.25) is 5.76 Å². The Bertz CT molecular complexity index is 1880. The maximum absolute atomic E-state index is 13.3. The number of carbonyl (C=O) groups is 1. The van der Waals surface area contributed by atoms with Crippen LogP contribution in [0.2, 0.25) is 0 Å². The quantitative estimate of drug-likeness (QED) is 0.152. The average molecular weight is 632 g/mol. The highest BCUT2D eigenvalue weighted by molar-refractivity contribution is 5.86. The third-order valence-electron chi connectivity index (χ3n) is 8.48. The van der Waals surface area contributed by atoms with Crippen molar-refractivity contribution < 1.29 is 37.3 Å². The van der Waals surface area contributed by atoms with Gasteiger partial charge in [0.15, 0.2) is 0 Å². The van der Waals surface area contributed by atoms with E-state index in [1.807, 2.05) is 66.4 Å². The van der Waals surface area contributed by atoms with E-state index in [9.17, 15) is 28.2 Å². The van der Waals surface area contributed by atoms with E-state index in [-0.39, 0.29) is 18.9 Å². The van der Waals surface area contributed by atoms with Crippen molar-refractivity contribution in [2.45, 2.75) is 58.6 Å². The summed E-state index contributed by atoms with van der Waals surface area (Å²) in [7, 11) is 1.55. The molecular formula is C37H36F3NO5. The second-order valence-corrected chi connectivity index (χ2v) is 12.0. The van der Waals surface area contributed by atoms with Crippen molar-refractivity contribution in [1.82, 2.24) is 4.90 Å². The molecule has 4 aromatic carbocycles. The van der Waals surface area contributed by atoms with E-state index in [4.69, 9.17) is 9.15 Å². The molecule has 0 unspecified atom stereocenters. The fraction of sp³-hybridized carbons (Fsp3) is 0.270. The fourth-order valence-electron chi connectivity index (χ4n) is 5.77. The van der Waals surface area contributed by atoms with Crippen LogP contribution in [0.4, 0.5) is 13.2 Å². The predicted molar refractivity (Wildman–Crippen MR) is 170 cm³/mol. The summed E-state index contributed by atoms with van der Waals surface area (Å²) in [4.78, 5) is 14.0. The minimum Gasteiger partial charge on any atom is -0.496 e. The van der Waals surface area contributed by atoms with Gasteiger partial charge in [0.05, 0.1) is 25.7 Å². The Morgan fingerprint density at radius 1 is 0.870 bits per heavy atom. The van der Waals surface area contributed by atoms with Crippen LogP contribution >= 0.6 is 0 Å². The van der Waals surface area contributed by atoms with Crippen LogP contribution in [0.25, 0.3) is 21.9 Å². The van der Waals surface area contributed by atoms with E-state index in [0.717, 1.165) is 44.7 Å². The van der Waals surface area contributed by atoms with Crippen LogP contribution in [-0.4, -0.2) is 28.2 Å². The van der Waals surface area contributed by atoms with E-state index < -0.39 is 23.3 Å². The molecule has 1 aromatic heterocycles. The topological polar surface area (TPSA) is 83.1 Å². The molecule has 0 bridgehead atoms. The number of hydrogen-bond donors (Lipinski definition) is 2. The number of carboxylic acid groups (broad SMARTS) is 1. The number of benzene rings is 4. The number of aliphatic hydroxyl groups is 1. The molecule has 5 rings (SSSR count). The summed E-state index contributed by atoms with van der Waals surface area (Å²) in [5, 5.41) is 21.8. The molecule has 2 N–H and O–H groups in total. The normalized spacial score (nSPS) is 12.2. The molecule has 0 radical (unpaired) electrons. The second-order valence-electron chi connectivity index (χ2n) is 12.0. The smallest absolute Gasteiger partial charge is 0.449 e. The highest BCUT2D eigenvalue weighted by atomic mass is 19.4. The number of hydrogen-bond acceptors (Lipinski definition) is 5. The van der Waals surface area contributed by atoms with Gasteiger partial charge >= 0.3 is 12.1 Å². The number of furan rings is 1. The maximum Gasteiger partial charge on any atom is 0.449 e. The van der Waals surface area contributed by atoms with E-state index in [1.54, 1.807) is 33.1 Å². The van der Waals surface area contributed by atoms with Gasteiger partial charge in [-0.25, -0.2) is 0 Å². The number of alkyl halides is 3. The van der Waals surface area contributed by atoms with Crippen molar-refractivity contribution in [3.8, 4) is 16.9 Å². The lowest BCUT2D eigenvalue weighted by Crippen LogP contribution is -2.29. The summed E-state index contributed by atoms with van der Waals surface area (Å²) in [5.41, 5.74) is 4.29. The van der Waals surface area contributed by atoms with Crippen LogP contribution in [0, 0.1) is 6.92 Å². The Kier molecular flexibility index (Phi) is 9.28. The lowest BCUT2D eigenvalue weighted by atomic mass is 9.80. The number of aliphatic carboxylic acids is 1. The summed E-state index contributed by atoms with van der Waals surface area (Å²) in [5.74, 6) is -1.28. The molecule has 6 nitrogen and oxygen atoms in total. The molecule has 5 aromatic rings. The zero-order valence-electron chi connectivity index (χ0n) is 26.1. The minimum absolute atomic E-state index is 0.125. The van der Waals surface area contributed by atoms with Crippen molar-refractivity contribution >= 4 is 16.7 Å². The first-order valence-corrected chi connectivity index (χ1v) is 14.8. The molecule has 9 heteroatoms. The van der Waals surface area contributed by atoms with Crippen LogP contribution in [0.5, 0.6) is 5.75 Å². The van der Waals surface area contributed by atoms with Gasteiger partial charge in [-0.15, -0.1) is 0 Å². The summed E-state index contributed by atoms with van der Waals surface area (Å²) in [6.45, 7) is 5.83. The van der Waals surface area contributed by atoms with Crippen LogP contribution in [-0.2, 0) is 42.6 Å². The van der Waals surface area contributed by atoms with Crippen LogP contribution in [0.15, 0.2) is 89.3 Å². The van der Waals surface area contributed by atoms with E-state index >= 15 is 0 Å². The standard InChI is InChI=1S/C37H36F3NO5/c1-23-9-10-24-7-5-6-8-30(24)31(23)21-41(20-29-15-16-34(46-29)37(38,39)40)19-27-13-11-26(18-33(27)45-4)25-12-14-28(22-42)32(17-25)36(2,3)35(43)44/h5-18,42H,19-22H2,1-4H3,(H,43,44). The molecule has 0 amide bonds. The third-order valence-corrected chi connectivity index (χ3v) is 8.48. The van der Waals surface area contributed by atoms with E-state index in [1.165, 1.54) is 6.07 Å². The van der Waals surface area contributed by atoms with Gasteiger partial charge < -0.3 is 19.4 Å². The van der Waals surface area contributed by atoms with Gasteiger partial charge in [0.25, 0.3) is 0 Å². The zero-order chi connectivity index (χ0) is 33.2. The number of ether oxygens (including phenoxy) is 1. The Balaban J connectivity index is 1.52. The monoisotopic (exact) mass is 631 g/mol. The van der Waals surface area contributed by atoms with Gasteiger partial charge in [0, 0.05) is 18.7 Å². The van der Waals surface area contributed by atoms with E-state index in [0.29, 0.717) is 30.0 Å². The van der Waals surface area contributed by atoms with Crippen LogP contribution in [0.1, 0.15) is 53.2 Å². The Hall–Kier alpha value is -4.60. The number of fused-ring (bicyclic) bond motifs is 1. The molecule has 0 saturated heterocycles. The summed E-state index contributed by atoms with van der Waals surface area (Å²) in [6.07, 6.45) is -4.58. The first-order chi connectivity index (χ1) is 21.8. The summed E-state index contributed by atoms with van der Waals surface area (Å²) < 4.78 is 51.0. The van der Waals surface area contributed by atoms with Crippen molar-refractivity contribution in [1.29, 1.82) is 0 Å². The van der Waals surface area contributed by atoms with Gasteiger partial charge in [-0.3, -0.25) is 9.69 Å². The Morgan fingerprint density at radius 2 is 1.57 bits per heavy atom. The second kappa shape index (κ2) is 13.0. The SMILES string of the molecule is COc1cc(-c2ccc(CO)c(C(C)(C)C(=O)O)c2)ccc1CN(Cc1ccc(C(F)(F)F)o1)Cc1c(C)ccc2ccccc12. The first kappa shape index (κ1) is 32.8. The Labute approximate surface area is 265 Å². The molecular weight excluding hydrogens is 595 g/mol. The lowest BCUT2D eigenvalue weighted by molar-refractivity contribution is -0.153. The number of aliphatic hydroxyl groups excluding tert-OH is 1. The van der Waals surface area contributed by atoms with Gasteiger partial charge in [-0.2, -0.15) is 13.2 Å². The molecule has 0 aliphatic carbocycles. The lowest BCUT2D eigenvalue weighted by Gasteiger charge is -2.25. The van der Waals surface area contributed by atoms with Crippen LogP contribution < -0.4 is 4.74 Å². The van der Waals surface area contributed by atoms with Gasteiger partial charge in [0.1, 0.15) is 11.5 Å².